The van der Waals surface area contributed by atoms with Gasteiger partial charge in [-0.1, -0.05) is 6.92 Å². The summed E-state index contributed by atoms with van der Waals surface area (Å²) in [6.45, 7) is 9.00. The smallest absolute Gasteiger partial charge is 0.239 e. The van der Waals surface area contributed by atoms with E-state index in [0.717, 1.165) is 32.0 Å². The van der Waals surface area contributed by atoms with E-state index >= 15 is 0 Å². The van der Waals surface area contributed by atoms with Crippen molar-refractivity contribution < 1.29 is 4.79 Å². The molecule has 0 saturated carbocycles. The molecule has 20 heavy (non-hydrogen) atoms. The second kappa shape index (κ2) is 6.44. The van der Waals surface area contributed by atoms with Crippen molar-refractivity contribution in [2.45, 2.75) is 45.1 Å². The van der Waals surface area contributed by atoms with E-state index < -0.39 is 0 Å². The fourth-order valence-corrected chi connectivity index (χ4v) is 4.03. The van der Waals surface area contributed by atoms with E-state index in [9.17, 15) is 4.79 Å². The Hall–Kier alpha value is -0.610. The second-order valence-electron chi connectivity index (χ2n) is 6.97. The van der Waals surface area contributed by atoms with E-state index in [1.807, 2.05) is 0 Å². The Kier molecular flexibility index (Phi) is 4.61. The number of hydrogen-bond acceptors (Lipinski definition) is 3. The van der Waals surface area contributed by atoms with Gasteiger partial charge in [-0.2, -0.15) is 0 Å². The number of nitrogens with one attached hydrogen (secondary N) is 1. The van der Waals surface area contributed by atoms with Crippen LogP contribution >= 0.6 is 0 Å². The second-order valence-corrected chi connectivity index (χ2v) is 6.97. The molecule has 3 heterocycles. The first-order chi connectivity index (χ1) is 9.74. The van der Waals surface area contributed by atoms with Crippen molar-refractivity contribution in [3.63, 3.8) is 0 Å². The molecule has 0 bridgehead atoms. The first-order valence-electron chi connectivity index (χ1n) is 8.48. The zero-order valence-electron chi connectivity index (χ0n) is 12.8. The third-order valence-corrected chi connectivity index (χ3v) is 5.44. The Labute approximate surface area is 122 Å². The van der Waals surface area contributed by atoms with Crippen LogP contribution in [0.3, 0.4) is 0 Å². The molecule has 0 aliphatic carbocycles. The topological polar surface area (TPSA) is 35.6 Å². The molecule has 0 aromatic carbocycles. The zero-order chi connectivity index (χ0) is 13.9. The number of amides is 1. The predicted molar refractivity (Wildman–Crippen MR) is 80.5 cm³/mol. The molecule has 3 aliphatic heterocycles. The molecule has 1 N–H and O–H groups in total. The number of rotatable bonds is 3. The van der Waals surface area contributed by atoms with Gasteiger partial charge >= 0.3 is 0 Å². The van der Waals surface area contributed by atoms with Crippen LogP contribution in [0.5, 0.6) is 0 Å². The number of likely N-dealkylation sites (tertiary alicyclic amines) is 2. The van der Waals surface area contributed by atoms with Crippen molar-refractivity contribution in [1.82, 2.24) is 15.1 Å². The van der Waals surface area contributed by atoms with Gasteiger partial charge in [0.05, 0.1) is 6.04 Å². The standard InChI is InChI=1S/C16H29N3O/c1-13-4-7-17-15(13)16(20)19-10-5-14(6-11-19)12-18-8-2-3-9-18/h13-15,17H,2-12H2,1H3. The third kappa shape index (κ3) is 3.17. The Morgan fingerprint density at radius 3 is 2.40 bits per heavy atom. The average Bonchev–Trinajstić information content (AvgIpc) is 3.10. The van der Waals surface area contributed by atoms with Crippen LogP contribution in [0.15, 0.2) is 0 Å². The van der Waals surface area contributed by atoms with E-state index in [2.05, 4.69) is 22.0 Å². The molecule has 114 valence electrons. The van der Waals surface area contributed by atoms with Crippen LogP contribution in [0, 0.1) is 11.8 Å². The molecule has 1 amide bonds. The van der Waals surface area contributed by atoms with Gasteiger partial charge < -0.3 is 15.1 Å². The summed E-state index contributed by atoms with van der Waals surface area (Å²) in [5.41, 5.74) is 0. The summed E-state index contributed by atoms with van der Waals surface area (Å²) in [6.07, 6.45) is 6.29. The fourth-order valence-electron chi connectivity index (χ4n) is 4.03. The number of nitrogens with zero attached hydrogens (tertiary/aromatic N) is 2. The highest BCUT2D eigenvalue weighted by Crippen LogP contribution is 2.23. The van der Waals surface area contributed by atoms with Crippen LogP contribution in [-0.2, 0) is 4.79 Å². The number of hydrogen-bond donors (Lipinski definition) is 1. The van der Waals surface area contributed by atoms with Crippen LogP contribution in [0.25, 0.3) is 0 Å². The van der Waals surface area contributed by atoms with Gasteiger partial charge in [0.2, 0.25) is 5.91 Å². The molecule has 3 fully saturated rings. The molecular weight excluding hydrogens is 250 g/mol. The van der Waals surface area contributed by atoms with Crippen LogP contribution < -0.4 is 5.32 Å². The van der Waals surface area contributed by atoms with Crippen LogP contribution in [0.1, 0.15) is 39.0 Å². The average molecular weight is 279 g/mol. The molecule has 0 aromatic rings. The summed E-state index contributed by atoms with van der Waals surface area (Å²) in [6, 6.07) is 0.0881. The molecule has 0 spiro atoms. The molecule has 4 nitrogen and oxygen atoms in total. The monoisotopic (exact) mass is 279 g/mol. The van der Waals surface area contributed by atoms with Gasteiger partial charge in [-0.15, -0.1) is 0 Å². The number of carbonyl (C=O) groups is 1. The largest absolute Gasteiger partial charge is 0.341 e. The number of piperidine rings is 1. The Balaban J connectivity index is 1.44. The van der Waals surface area contributed by atoms with Crippen molar-refractivity contribution >= 4 is 5.91 Å². The minimum absolute atomic E-state index is 0.0881. The highest BCUT2D eigenvalue weighted by atomic mass is 16.2. The summed E-state index contributed by atoms with van der Waals surface area (Å²) in [5, 5.41) is 3.37. The van der Waals surface area contributed by atoms with Crippen LogP contribution in [0.2, 0.25) is 0 Å². The van der Waals surface area contributed by atoms with Crippen molar-refractivity contribution in [3.05, 3.63) is 0 Å². The molecule has 3 aliphatic rings. The predicted octanol–water partition coefficient (Wildman–Crippen LogP) is 1.32. The zero-order valence-corrected chi connectivity index (χ0v) is 12.8. The van der Waals surface area contributed by atoms with Gasteiger partial charge in [0.15, 0.2) is 0 Å². The maximum Gasteiger partial charge on any atom is 0.239 e. The molecule has 3 saturated heterocycles. The SMILES string of the molecule is CC1CCNC1C(=O)N1CCC(CN2CCCC2)CC1. The minimum Gasteiger partial charge on any atom is -0.341 e. The highest BCUT2D eigenvalue weighted by Gasteiger charge is 2.34. The molecule has 0 aromatic heterocycles. The van der Waals surface area contributed by atoms with Gasteiger partial charge in [-0.25, -0.2) is 0 Å². The summed E-state index contributed by atoms with van der Waals surface area (Å²) in [4.78, 5) is 17.2. The van der Waals surface area contributed by atoms with Crippen molar-refractivity contribution in [3.8, 4) is 0 Å². The highest BCUT2D eigenvalue weighted by molar-refractivity contribution is 5.82. The molecular formula is C16H29N3O. The fraction of sp³-hybridized carbons (Fsp3) is 0.938. The summed E-state index contributed by atoms with van der Waals surface area (Å²) >= 11 is 0. The van der Waals surface area contributed by atoms with Crippen molar-refractivity contribution in [2.75, 3.05) is 39.3 Å². The van der Waals surface area contributed by atoms with E-state index in [4.69, 9.17) is 0 Å². The lowest BCUT2D eigenvalue weighted by atomic mass is 9.94. The quantitative estimate of drug-likeness (QED) is 0.846. The lowest BCUT2D eigenvalue weighted by Gasteiger charge is -2.35. The van der Waals surface area contributed by atoms with Gasteiger partial charge in [-0.05, 0) is 63.6 Å². The number of carbonyl (C=O) groups excluding carboxylic acids is 1. The third-order valence-electron chi connectivity index (χ3n) is 5.44. The van der Waals surface area contributed by atoms with E-state index in [-0.39, 0.29) is 6.04 Å². The molecule has 2 unspecified atom stereocenters. The van der Waals surface area contributed by atoms with Crippen LogP contribution in [-0.4, -0.2) is 61.0 Å². The lowest BCUT2D eigenvalue weighted by molar-refractivity contribution is -0.135. The first-order valence-corrected chi connectivity index (χ1v) is 8.48. The van der Waals surface area contributed by atoms with E-state index in [1.54, 1.807) is 0 Å². The molecule has 2 atom stereocenters. The van der Waals surface area contributed by atoms with E-state index in [0.29, 0.717) is 11.8 Å². The first kappa shape index (κ1) is 14.3. The Morgan fingerprint density at radius 1 is 1.10 bits per heavy atom. The summed E-state index contributed by atoms with van der Waals surface area (Å²) in [7, 11) is 0. The van der Waals surface area contributed by atoms with Gasteiger partial charge in [0.25, 0.3) is 0 Å². The molecule has 4 heteroatoms. The van der Waals surface area contributed by atoms with Gasteiger partial charge in [0, 0.05) is 19.6 Å². The maximum absolute atomic E-state index is 12.5. The normalized spacial score (nSPS) is 33.0. The van der Waals surface area contributed by atoms with E-state index in [1.165, 1.54) is 45.3 Å². The van der Waals surface area contributed by atoms with Crippen molar-refractivity contribution in [2.24, 2.45) is 11.8 Å². The maximum atomic E-state index is 12.5. The summed E-state index contributed by atoms with van der Waals surface area (Å²) in [5.74, 6) is 1.67. The summed E-state index contributed by atoms with van der Waals surface area (Å²) < 4.78 is 0. The molecule has 3 rings (SSSR count). The van der Waals surface area contributed by atoms with Crippen LogP contribution in [0.4, 0.5) is 0 Å². The Morgan fingerprint density at radius 2 is 1.80 bits per heavy atom. The molecule has 0 radical (unpaired) electrons. The lowest BCUT2D eigenvalue weighted by Crippen LogP contribution is -2.49. The van der Waals surface area contributed by atoms with Gasteiger partial charge in [-0.3, -0.25) is 4.79 Å². The minimum atomic E-state index is 0.0881. The Bertz CT molecular complexity index is 333. The van der Waals surface area contributed by atoms with Crippen molar-refractivity contribution in [1.29, 1.82) is 0 Å². The van der Waals surface area contributed by atoms with Gasteiger partial charge in [0.1, 0.15) is 0 Å².